The van der Waals surface area contributed by atoms with Crippen molar-refractivity contribution in [3.63, 3.8) is 0 Å². The van der Waals surface area contributed by atoms with Crippen LogP contribution in [-0.2, 0) is 0 Å². The van der Waals surface area contributed by atoms with E-state index in [1.807, 2.05) is 13.8 Å². The SMILES string of the molecule is Cc1c(C(C)N)nnn1-c1ccc(F)c(Br)c1. The second-order valence-electron chi connectivity index (χ2n) is 3.86. The molecule has 17 heavy (non-hydrogen) atoms. The zero-order valence-corrected chi connectivity index (χ0v) is 11.1. The van der Waals surface area contributed by atoms with Crippen LogP contribution in [0.4, 0.5) is 4.39 Å². The molecule has 0 radical (unpaired) electrons. The Kier molecular flexibility index (Phi) is 3.26. The zero-order chi connectivity index (χ0) is 12.6. The Morgan fingerprint density at radius 2 is 2.18 bits per heavy atom. The maximum atomic E-state index is 13.1. The van der Waals surface area contributed by atoms with Crippen LogP contribution in [0.15, 0.2) is 22.7 Å². The van der Waals surface area contributed by atoms with Gasteiger partial charge in [-0.05, 0) is 48.0 Å². The van der Waals surface area contributed by atoms with E-state index in [0.29, 0.717) is 4.47 Å². The first-order chi connectivity index (χ1) is 8.00. The van der Waals surface area contributed by atoms with E-state index in [9.17, 15) is 4.39 Å². The lowest BCUT2D eigenvalue weighted by molar-refractivity contribution is 0.619. The van der Waals surface area contributed by atoms with Crippen molar-refractivity contribution in [2.45, 2.75) is 19.9 Å². The molecule has 1 aromatic carbocycles. The molecule has 0 amide bonds. The molecule has 6 heteroatoms. The molecule has 90 valence electrons. The fraction of sp³-hybridized carbons (Fsp3) is 0.273. The summed E-state index contributed by atoms with van der Waals surface area (Å²) < 4.78 is 15.2. The summed E-state index contributed by atoms with van der Waals surface area (Å²) in [7, 11) is 0. The highest BCUT2D eigenvalue weighted by molar-refractivity contribution is 9.10. The average molecular weight is 299 g/mol. The smallest absolute Gasteiger partial charge is 0.137 e. The normalized spacial score (nSPS) is 12.8. The van der Waals surface area contributed by atoms with Gasteiger partial charge < -0.3 is 5.73 Å². The van der Waals surface area contributed by atoms with Gasteiger partial charge in [-0.2, -0.15) is 0 Å². The van der Waals surface area contributed by atoms with Gasteiger partial charge in [0.2, 0.25) is 0 Å². The summed E-state index contributed by atoms with van der Waals surface area (Å²) in [5.41, 5.74) is 8.12. The van der Waals surface area contributed by atoms with Crippen molar-refractivity contribution in [1.82, 2.24) is 15.0 Å². The third-order valence-corrected chi connectivity index (χ3v) is 3.12. The molecule has 1 atom stereocenters. The predicted molar refractivity (Wildman–Crippen MR) is 66.4 cm³/mol. The molecule has 0 bridgehead atoms. The Bertz CT molecular complexity index is 550. The molecule has 0 aliphatic rings. The summed E-state index contributed by atoms with van der Waals surface area (Å²) in [6.07, 6.45) is 0. The zero-order valence-electron chi connectivity index (χ0n) is 9.48. The quantitative estimate of drug-likeness (QED) is 0.927. The van der Waals surface area contributed by atoms with E-state index in [2.05, 4.69) is 26.2 Å². The van der Waals surface area contributed by atoms with Gasteiger partial charge in [0.25, 0.3) is 0 Å². The van der Waals surface area contributed by atoms with E-state index >= 15 is 0 Å². The molecular formula is C11H12BrFN4. The van der Waals surface area contributed by atoms with Gasteiger partial charge in [-0.1, -0.05) is 5.21 Å². The van der Waals surface area contributed by atoms with Crippen LogP contribution in [-0.4, -0.2) is 15.0 Å². The van der Waals surface area contributed by atoms with Crippen molar-refractivity contribution in [2.75, 3.05) is 0 Å². The van der Waals surface area contributed by atoms with Crippen LogP contribution in [0.25, 0.3) is 5.69 Å². The largest absolute Gasteiger partial charge is 0.323 e. The molecule has 0 spiro atoms. The highest BCUT2D eigenvalue weighted by atomic mass is 79.9. The Balaban J connectivity index is 2.50. The van der Waals surface area contributed by atoms with Crippen molar-refractivity contribution >= 4 is 15.9 Å². The maximum absolute atomic E-state index is 13.1. The molecule has 0 aliphatic carbocycles. The van der Waals surface area contributed by atoms with E-state index < -0.39 is 0 Å². The third-order valence-electron chi connectivity index (χ3n) is 2.51. The van der Waals surface area contributed by atoms with Gasteiger partial charge >= 0.3 is 0 Å². The fourth-order valence-corrected chi connectivity index (χ4v) is 1.99. The van der Waals surface area contributed by atoms with Gasteiger partial charge in [0, 0.05) is 6.04 Å². The average Bonchev–Trinajstić information content (AvgIpc) is 2.64. The summed E-state index contributed by atoms with van der Waals surface area (Å²) in [5, 5.41) is 8.04. The van der Waals surface area contributed by atoms with Crippen molar-refractivity contribution < 1.29 is 4.39 Å². The van der Waals surface area contributed by atoms with Gasteiger partial charge in [-0.25, -0.2) is 9.07 Å². The monoisotopic (exact) mass is 298 g/mol. The molecule has 2 rings (SSSR count). The number of hydrogen-bond donors (Lipinski definition) is 1. The molecule has 2 N–H and O–H groups in total. The van der Waals surface area contributed by atoms with E-state index in [1.165, 1.54) is 6.07 Å². The number of nitrogens with two attached hydrogens (primary N) is 1. The molecule has 2 aromatic rings. The van der Waals surface area contributed by atoms with E-state index in [1.54, 1.807) is 16.8 Å². The molecule has 0 saturated carbocycles. The topological polar surface area (TPSA) is 56.7 Å². The molecule has 0 aliphatic heterocycles. The lowest BCUT2D eigenvalue weighted by Gasteiger charge is -2.06. The van der Waals surface area contributed by atoms with Gasteiger partial charge in [0.1, 0.15) is 11.5 Å². The number of halogens is 2. The predicted octanol–water partition coefficient (Wildman–Crippen LogP) is 2.50. The Labute approximate surface area is 107 Å². The fourth-order valence-electron chi connectivity index (χ4n) is 1.62. The lowest BCUT2D eigenvalue weighted by Crippen LogP contribution is -2.08. The molecule has 1 unspecified atom stereocenters. The van der Waals surface area contributed by atoms with Crippen LogP contribution in [0.3, 0.4) is 0 Å². The number of nitrogens with zero attached hydrogens (tertiary/aromatic N) is 3. The van der Waals surface area contributed by atoms with Gasteiger partial charge in [-0.3, -0.25) is 0 Å². The first kappa shape index (κ1) is 12.2. The summed E-state index contributed by atoms with van der Waals surface area (Å²) in [5.74, 6) is -0.307. The first-order valence-corrected chi connectivity index (χ1v) is 5.93. The Morgan fingerprint density at radius 3 is 2.71 bits per heavy atom. The van der Waals surface area contributed by atoms with E-state index in [4.69, 9.17) is 5.73 Å². The van der Waals surface area contributed by atoms with Crippen LogP contribution in [0, 0.1) is 12.7 Å². The lowest BCUT2D eigenvalue weighted by atomic mass is 10.2. The minimum absolute atomic E-state index is 0.173. The van der Waals surface area contributed by atoms with Gasteiger partial charge in [0.05, 0.1) is 15.9 Å². The van der Waals surface area contributed by atoms with Crippen LogP contribution >= 0.6 is 15.9 Å². The van der Waals surface area contributed by atoms with Crippen LogP contribution in [0.5, 0.6) is 0 Å². The van der Waals surface area contributed by atoms with E-state index in [-0.39, 0.29) is 11.9 Å². The Morgan fingerprint density at radius 1 is 1.47 bits per heavy atom. The molecule has 0 saturated heterocycles. The minimum Gasteiger partial charge on any atom is -0.323 e. The number of aromatic nitrogens is 3. The minimum atomic E-state index is -0.307. The van der Waals surface area contributed by atoms with Crippen molar-refractivity contribution in [1.29, 1.82) is 0 Å². The van der Waals surface area contributed by atoms with Crippen LogP contribution in [0.2, 0.25) is 0 Å². The first-order valence-electron chi connectivity index (χ1n) is 5.14. The third kappa shape index (κ3) is 2.23. The van der Waals surface area contributed by atoms with Gasteiger partial charge in [0.15, 0.2) is 0 Å². The van der Waals surface area contributed by atoms with Crippen molar-refractivity contribution in [3.05, 3.63) is 39.9 Å². The second-order valence-corrected chi connectivity index (χ2v) is 4.71. The maximum Gasteiger partial charge on any atom is 0.137 e. The standard InChI is InChI=1S/C11H12BrFN4/c1-6(14)11-7(2)17(16-15-11)8-3-4-10(13)9(12)5-8/h3-6H,14H2,1-2H3. The van der Waals surface area contributed by atoms with Crippen LogP contribution in [0.1, 0.15) is 24.4 Å². The highest BCUT2D eigenvalue weighted by Crippen LogP contribution is 2.21. The summed E-state index contributed by atoms with van der Waals surface area (Å²) in [6.45, 7) is 3.73. The molecule has 1 aromatic heterocycles. The van der Waals surface area contributed by atoms with Crippen molar-refractivity contribution in [3.8, 4) is 5.69 Å². The second kappa shape index (κ2) is 4.54. The summed E-state index contributed by atoms with van der Waals surface area (Å²) >= 11 is 3.14. The highest BCUT2D eigenvalue weighted by Gasteiger charge is 2.13. The molecular weight excluding hydrogens is 287 g/mol. The number of benzene rings is 1. The number of hydrogen-bond acceptors (Lipinski definition) is 3. The summed E-state index contributed by atoms with van der Waals surface area (Å²) in [6, 6.07) is 4.51. The van der Waals surface area contributed by atoms with Gasteiger partial charge in [-0.15, -0.1) is 5.10 Å². The van der Waals surface area contributed by atoms with E-state index in [0.717, 1.165) is 17.1 Å². The molecule has 1 heterocycles. The molecule has 0 fully saturated rings. The number of rotatable bonds is 2. The van der Waals surface area contributed by atoms with Crippen LogP contribution < -0.4 is 5.73 Å². The molecule has 4 nitrogen and oxygen atoms in total. The van der Waals surface area contributed by atoms with Crippen molar-refractivity contribution in [2.24, 2.45) is 5.73 Å². The Hall–Kier alpha value is -1.27. The summed E-state index contributed by atoms with van der Waals surface area (Å²) in [4.78, 5) is 0.